The molecule has 0 aliphatic heterocycles. The fourth-order valence-electron chi connectivity index (χ4n) is 1.30. The van der Waals surface area contributed by atoms with Gasteiger partial charge in [-0.15, -0.1) is 0 Å². The molecule has 1 aliphatic carbocycles. The predicted molar refractivity (Wildman–Crippen MR) is 41.4 cm³/mol. The average Bonchev–Trinajstić information content (AvgIpc) is 1.98. The van der Waals surface area contributed by atoms with Gasteiger partial charge in [0, 0.05) is 21.1 Å². The Morgan fingerprint density at radius 1 is 0.800 bits per heavy atom. The molecule has 0 radical (unpaired) electrons. The van der Waals surface area contributed by atoms with E-state index in [9.17, 15) is 0 Å². The smallest absolute Gasteiger partial charge is 0 e. The fraction of sp³-hybridized carbons (Fsp3) is 0.556. The summed E-state index contributed by atoms with van der Waals surface area (Å²) in [5, 5.41) is 0. The van der Waals surface area contributed by atoms with Crippen LogP contribution in [0.1, 0.15) is 34.1 Å². The van der Waals surface area contributed by atoms with E-state index < -0.39 is 0 Å². The van der Waals surface area contributed by atoms with Gasteiger partial charge in [0.2, 0.25) is 0 Å². The van der Waals surface area contributed by atoms with Crippen molar-refractivity contribution in [1.29, 1.82) is 0 Å². The summed E-state index contributed by atoms with van der Waals surface area (Å²) in [6, 6.07) is 0. The molecule has 0 bridgehead atoms. The van der Waals surface area contributed by atoms with Crippen molar-refractivity contribution in [2.75, 3.05) is 0 Å². The zero-order valence-corrected chi connectivity index (χ0v) is 9.30. The molecule has 1 rings (SSSR count). The minimum Gasteiger partial charge on any atom is -0.0661 e. The van der Waals surface area contributed by atoms with E-state index in [4.69, 9.17) is 0 Å². The van der Waals surface area contributed by atoms with Crippen LogP contribution in [0.15, 0.2) is 22.3 Å². The van der Waals surface area contributed by atoms with Gasteiger partial charge in [0.05, 0.1) is 0 Å². The van der Waals surface area contributed by atoms with E-state index in [1.54, 1.807) is 11.1 Å². The van der Waals surface area contributed by atoms with Crippen LogP contribution in [0.4, 0.5) is 0 Å². The van der Waals surface area contributed by atoms with Gasteiger partial charge in [-0.25, -0.2) is 0 Å². The van der Waals surface area contributed by atoms with Crippen molar-refractivity contribution >= 4 is 0 Å². The Hall–Kier alpha value is 0.168. The third kappa shape index (κ3) is 1.61. The number of hydrogen-bond donors (Lipinski definition) is 0. The van der Waals surface area contributed by atoms with Crippen LogP contribution in [0.2, 0.25) is 0 Å². The number of allylic oxidation sites excluding steroid dienone is 4. The average molecular weight is 317 g/mol. The maximum Gasteiger partial charge on any atom is 0 e. The first kappa shape index (κ1) is 10.2. The zero-order chi connectivity index (χ0) is 7.02. The first-order valence-corrected chi connectivity index (χ1v) is 3.46. The Bertz CT molecular complexity index is 175. The van der Waals surface area contributed by atoms with Crippen molar-refractivity contribution < 1.29 is 21.1 Å². The van der Waals surface area contributed by atoms with Crippen LogP contribution in [0, 0.1) is 0 Å². The van der Waals surface area contributed by atoms with Gasteiger partial charge in [-0.2, -0.15) is 0 Å². The van der Waals surface area contributed by atoms with Gasteiger partial charge < -0.3 is 0 Å². The summed E-state index contributed by atoms with van der Waals surface area (Å²) in [5.41, 5.74) is 6.11. The summed E-state index contributed by atoms with van der Waals surface area (Å²) >= 11 is 0. The van der Waals surface area contributed by atoms with E-state index in [0.29, 0.717) is 0 Å². The molecule has 0 N–H and O–H groups in total. The van der Waals surface area contributed by atoms with Gasteiger partial charge in [0.15, 0.2) is 0 Å². The van der Waals surface area contributed by atoms with Crippen molar-refractivity contribution in [3.63, 3.8) is 0 Å². The van der Waals surface area contributed by atoms with E-state index >= 15 is 0 Å². The largest absolute Gasteiger partial charge is 0.0661 e. The molecule has 1 heteroatoms. The van der Waals surface area contributed by atoms with Crippen molar-refractivity contribution in [2.24, 2.45) is 0 Å². The molecule has 0 aromatic heterocycles. The normalized spacial score (nSPS) is 18.0. The molecule has 0 unspecified atom stereocenters. The summed E-state index contributed by atoms with van der Waals surface area (Å²) in [6.45, 7) is 8.85. The van der Waals surface area contributed by atoms with Gasteiger partial charge in [0.1, 0.15) is 0 Å². The second-order valence-electron chi connectivity index (χ2n) is 2.99. The second-order valence-corrected chi connectivity index (χ2v) is 2.99. The monoisotopic (exact) mass is 317 g/mol. The SMILES string of the molecule is CC1=C(C)C(C)=C(C)C1.[Pt]. The Labute approximate surface area is 77.7 Å². The molecule has 0 heterocycles. The molecule has 0 atom stereocenters. The van der Waals surface area contributed by atoms with Crippen molar-refractivity contribution in [3.05, 3.63) is 22.3 Å². The van der Waals surface area contributed by atoms with E-state index in [-0.39, 0.29) is 21.1 Å². The van der Waals surface area contributed by atoms with Crippen LogP contribution < -0.4 is 0 Å². The maximum absolute atomic E-state index is 2.22. The summed E-state index contributed by atoms with van der Waals surface area (Å²) in [7, 11) is 0. The van der Waals surface area contributed by atoms with Crippen LogP contribution in [0.25, 0.3) is 0 Å². The van der Waals surface area contributed by atoms with E-state index in [1.165, 1.54) is 17.6 Å². The summed E-state index contributed by atoms with van der Waals surface area (Å²) in [4.78, 5) is 0. The topological polar surface area (TPSA) is 0 Å². The molecule has 0 fully saturated rings. The molecule has 60 valence electrons. The van der Waals surface area contributed by atoms with Crippen LogP contribution in [-0.2, 0) is 21.1 Å². The van der Waals surface area contributed by atoms with Crippen molar-refractivity contribution in [1.82, 2.24) is 0 Å². The second kappa shape index (κ2) is 3.53. The van der Waals surface area contributed by atoms with Crippen LogP contribution in [-0.4, -0.2) is 0 Å². The molecule has 0 nitrogen and oxygen atoms in total. The summed E-state index contributed by atoms with van der Waals surface area (Å²) in [6.07, 6.45) is 1.21. The molecular formula is C9H14Pt. The molecule has 1 aliphatic rings. The molecule has 0 saturated carbocycles. The molecule has 0 saturated heterocycles. The van der Waals surface area contributed by atoms with E-state index in [0.717, 1.165) is 0 Å². The standard InChI is InChI=1S/C9H14.Pt/c1-6-5-7(2)9(4)8(6)3;/h5H2,1-4H3;. The van der Waals surface area contributed by atoms with Gasteiger partial charge in [-0.05, 0) is 45.3 Å². The molecule has 0 aromatic carbocycles. The first-order chi connectivity index (χ1) is 4.13. The Kier molecular flexibility index (Phi) is 3.59. The molecule has 0 amide bonds. The van der Waals surface area contributed by atoms with Crippen molar-refractivity contribution in [2.45, 2.75) is 34.1 Å². The van der Waals surface area contributed by atoms with E-state index in [1.807, 2.05) is 0 Å². The van der Waals surface area contributed by atoms with Crippen LogP contribution >= 0.6 is 0 Å². The quantitative estimate of drug-likeness (QED) is 0.644. The summed E-state index contributed by atoms with van der Waals surface area (Å²) in [5.74, 6) is 0. The predicted octanol–water partition coefficient (Wildman–Crippen LogP) is 3.06. The Morgan fingerprint density at radius 3 is 1.20 bits per heavy atom. The van der Waals surface area contributed by atoms with Gasteiger partial charge in [-0.3, -0.25) is 0 Å². The first-order valence-electron chi connectivity index (χ1n) is 3.46. The van der Waals surface area contributed by atoms with Crippen molar-refractivity contribution in [3.8, 4) is 0 Å². The third-order valence-corrected chi connectivity index (χ3v) is 2.37. The van der Waals surface area contributed by atoms with Gasteiger partial charge in [0.25, 0.3) is 0 Å². The fourth-order valence-corrected chi connectivity index (χ4v) is 1.30. The minimum absolute atomic E-state index is 0. The summed E-state index contributed by atoms with van der Waals surface area (Å²) < 4.78 is 0. The minimum atomic E-state index is 0. The molecule has 10 heavy (non-hydrogen) atoms. The van der Waals surface area contributed by atoms with Crippen LogP contribution in [0.3, 0.4) is 0 Å². The number of rotatable bonds is 0. The Balaban J connectivity index is 0.000000810. The maximum atomic E-state index is 2.22. The molecular weight excluding hydrogens is 303 g/mol. The number of hydrogen-bond acceptors (Lipinski definition) is 0. The molecule has 0 aromatic rings. The zero-order valence-electron chi connectivity index (χ0n) is 7.02. The van der Waals surface area contributed by atoms with Crippen LogP contribution in [0.5, 0.6) is 0 Å². The van der Waals surface area contributed by atoms with Gasteiger partial charge >= 0.3 is 0 Å². The Morgan fingerprint density at radius 2 is 1.10 bits per heavy atom. The molecule has 0 spiro atoms. The van der Waals surface area contributed by atoms with Gasteiger partial charge in [-0.1, -0.05) is 11.1 Å². The van der Waals surface area contributed by atoms with E-state index in [2.05, 4.69) is 27.7 Å². The third-order valence-electron chi connectivity index (χ3n) is 2.37.